The van der Waals surface area contributed by atoms with Crippen LogP contribution in [0, 0.1) is 0 Å². The van der Waals surface area contributed by atoms with Gasteiger partial charge in [-0.2, -0.15) is 50.5 Å². The maximum Gasteiger partial charge on any atom is 0.264 e. The normalized spacial score (nSPS) is 39.5. The van der Waals surface area contributed by atoms with Crippen LogP contribution in [0.15, 0.2) is 0 Å². The summed E-state index contributed by atoms with van der Waals surface area (Å²) in [6.45, 7) is -8.05. The first kappa shape index (κ1) is 108. The molecule has 0 aromatic carbocycles. The van der Waals surface area contributed by atoms with Gasteiger partial charge in [0.25, 0.3) is 60.7 Å². The van der Waals surface area contributed by atoms with E-state index in [0.717, 1.165) is 0 Å². The average molecular weight is 1950 g/mol. The molecule has 21 saturated heterocycles. The number of hydrogen-bond acceptors (Lipinski definition) is 47. The first-order valence-corrected chi connectivity index (χ1v) is 49.7. The summed E-state index contributed by atoms with van der Waals surface area (Å²) in [5.41, 5.74) is 0. The summed E-state index contributed by atoms with van der Waals surface area (Å²) < 4.78 is 316. The number of hydrogen-bond donors (Lipinski definition) is 21. The second-order valence-electron chi connectivity index (χ2n) is 31.0. The molecule has 35 atom stereocenters. The Kier molecular flexibility index (Phi) is 42.9. The van der Waals surface area contributed by atoms with Crippen molar-refractivity contribution in [1.29, 1.82) is 0 Å². The highest BCUT2D eigenvalue weighted by Gasteiger charge is 2.60. The molecule has 59 heteroatoms. The van der Waals surface area contributed by atoms with Crippen molar-refractivity contribution in [2.24, 2.45) is 0 Å². The topological polar surface area (TPSA) is 814 Å². The standard InChI is InChI=1S/C66H118O53S6/c67-25-32-53-39(68)46(75)60(106-32)114-54-33(26-100-13-1-7-19-120(82,83)84)108-62(48(77)41(54)70)116-56-35(28-102-15-3-9-21-122(88,89)90)110-64(50(79)43(56)72)118-58-37(30-104-17-5-11-23-124(94,95)96)112-66(52(81)45(58)74)119-59-38(31-105-18-6-12-24-125(97,98)99)111-65(51(80)44(59)73)117-57-36(29-103-16-4-10-22-123(91,92)93)109-63(49(78)42(57)71)115-55-34(107-61(113-53)47(76)40(55)69)27-101-14-2-8-20-121(85,86)87/h32-81H,1-31H2,(H,82,83,84)(H,85,86,87)(H,88,89,90)(H,91,92,93)(H,94,95,96)(H,97,98,99). The van der Waals surface area contributed by atoms with E-state index in [1.54, 1.807) is 0 Å². The van der Waals surface area contributed by atoms with E-state index in [-0.39, 0.29) is 117 Å². The van der Waals surface area contributed by atoms with Gasteiger partial charge < -0.3 is 171 Å². The number of aliphatic hydroxyl groups is 15. The Hall–Kier alpha value is -1.94. The third-order valence-corrected chi connectivity index (χ3v) is 25.9. The highest BCUT2D eigenvalue weighted by atomic mass is 32.2. The molecular formula is C66H118O53S6. The predicted octanol–water partition coefficient (Wildman–Crippen LogP) is -11.1. The molecule has 21 heterocycles. The smallest absolute Gasteiger partial charge is 0.264 e. The largest absolute Gasteiger partial charge is 0.394 e. The first-order chi connectivity index (χ1) is 58.5. The Morgan fingerprint density at radius 3 is 0.440 bits per heavy atom. The van der Waals surface area contributed by atoms with E-state index in [0.29, 0.717) is 0 Å². The number of unbranched alkanes of at least 4 members (excludes halogenated alkanes) is 6. The quantitative estimate of drug-likeness (QED) is 0.0199. The molecule has 21 fully saturated rings. The lowest BCUT2D eigenvalue weighted by molar-refractivity contribution is -0.397. The van der Waals surface area contributed by atoms with Gasteiger partial charge in [-0.15, -0.1) is 0 Å². The summed E-state index contributed by atoms with van der Waals surface area (Å²) in [6, 6.07) is 0. The Balaban J connectivity index is 1.21. The van der Waals surface area contributed by atoms with Crippen molar-refractivity contribution < 1.29 is 249 Å². The SMILES string of the molecule is O=S(=O)(O)CCCCOCC1OC2OC3C(COCCCCS(=O)(=O)O)OC(OC4C(COCCCCS(=O)(=O)O)OC(OC5C(COCCCCS(=O)(=O)O)OC(OC6C(COCCCCS(=O)(=O)O)OC(OC7C(COCCCCS(=O)(=O)O)OC(OC8C(CO)OC(OC1C(O)C2O)C(O)C8O)C(O)C7O)C(O)C6O)C(O)C5O)C(O)C4O)C(O)C3O. The maximum atomic E-state index is 12.3. The van der Waals surface area contributed by atoms with Crippen LogP contribution >= 0.6 is 0 Å². The van der Waals surface area contributed by atoms with E-state index in [2.05, 4.69) is 0 Å². The van der Waals surface area contributed by atoms with Crippen molar-refractivity contribution >= 4 is 60.7 Å². The second kappa shape index (κ2) is 49.5. The molecule has 0 aromatic heterocycles. The van der Waals surface area contributed by atoms with E-state index in [1.165, 1.54) is 0 Å². The van der Waals surface area contributed by atoms with Crippen LogP contribution in [0.5, 0.6) is 0 Å². The van der Waals surface area contributed by atoms with Crippen molar-refractivity contribution in [1.82, 2.24) is 0 Å². The lowest BCUT2D eigenvalue weighted by Crippen LogP contribution is -2.68. The number of ether oxygens (including phenoxy) is 20. The molecule has 736 valence electrons. The van der Waals surface area contributed by atoms with Gasteiger partial charge in [0.05, 0.1) is 80.8 Å². The van der Waals surface area contributed by atoms with Gasteiger partial charge in [-0.25, -0.2) is 0 Å². The van der Waals surface area contributed by atoms with E-state index in [4.69, 9.17) is 94.7 Å². The van der Waals surface area contributed by atoms with Gasteiger partial charge in [-0.05, 0) is 77.0 Å². The highest BCUT2D eigenvalue weighted by Crippen LogP contribution is 2.40. The van der Waals surface area contributed by atoms with E-state index >= 15 is 0 Å². The zero-order chi connectivity index (χ0) is 92.3. The van der Waals surface area contributed by atoms with Crippen LogP contribution < -0.4 is 0 Å². The summed E-state index contributed by atoms with van der Waals surface area (Å²) in [6.07, 6.45) is -78.4. The van der Waals surface area contributed by atoms with Gasteiger partial charge in [-0.3, -0.25) is 27.3 Å². The fourth-order valence-corrected chi connectivity index (χ4v) is 17.9. The van der Waals surface area contributed by atoms with Gasteiger partial charge in [0.2, 0.25) is 0 Å². The zero-order valence-electron chi connectivity index (χ0n) is 67.0. The molecule has 21 aliphatic rings. The van der Waals surface area contributed by atoms with Crippen molar-refractivity contribution in [3.8, 4) is 0 Å². The monoisotopic (exact) mass is 1950 g/mol. The summed E-state index contributed by atoms with van der Waals surface area (Å²) in [5.74, 6) is -4.43. The molecule has 0 saturated carbocycles. The molecule has 21 N–H and O–H groups in total. The minimum Gasteiger partial charge on any atom is -0.394 e. The molecule has 125 heavy (non-hydrogen) atoms. The summed E-state index contributed by atoms with van der Waals surface area (Å²) in [7, 11) is -27.0. The third-order valence-electron chi connectivity index (χ3n) is 21.0. The van der Waals surface area contributed by atoms with Gasteiger partial charge >= 0.3 is 0 Å². The van der Waals surface area contributed by atoms with Crippen LogP contribution in [-0.4, -0.2) is 490 Å². The van der Waals surface area contributed by atoms with Crippen molar-refractivity contribution in [3.63, 3.8) is 0 Å². The third kappa shape index (κ3) is 33.8. The van der Waals surface area contributed by atoms with Crippen LogP contribution in [-0.2, 0) is 155 Å². The molecule has 35 unspecified atom stereocenters. The molecule has 0 spiro atoms. The molecule has 0 amide bonds. The Morgan fingerprint density at radius 2 is 0.312 bits per heavy atom. The molecule has 0 aromatic rings. The highest BCUT2D eigenvalue weighted by molar-refractivity contribution is 7.86. The van der Waals surface area contributed by atoms with Gasteiger partial charge in [0.1, 0.15) is 171 Å². The minimum atomic E-state index is -4.50. The Bertz CT molecular complexity index is 3750. The molecule has 21 aliphatic heterocycles. The van der Waals surface area contributed by atoms with E-state index in [9.17, 15) is 154 Å². The Morgan fingerprint density at radius 1 is 0.184 bits per heavy atom. The predicted molar refractivity (Wildman–Crippen MR) is 405 cm³/mol. The van der Waals surface area contributed by atoms with Gasteiger partial charge in [0, 0.05) is 39.6 Å². The van der Waals surface area contributed by atoms with Crippen molar-refractivity contribution in [2.75, 3.05) is 120 Å². The Labute approximate surface area is 718 Å². The summed E-state index contributed by atoms with van der Waals surface area (Å²) >= 11 is 0. The fourth-order valence-electron chi connectivity index (χ4n) is 14.5. The fraction of sp³-hybridized carbons (Fsp3) is 1.00. The van der Waals surface area contributed by atoms with E-state index in [1.807, 2.05) is 0 Å². The number of aliphatic hydroxyl groups excluding tert-OH is 15. The summed E-state index contributed by atoms with van der Waals surface area (Å²) in [5, 5.41) is 181. The van der Waals surface area contributed by atoms with E-state index < -0.39 is 356 Å². The lowest BCUT2D eigenvalue weighted by Gasteiger charge is -2.50. The maximum absolute atomic E-state index is 12.3. The van der Waals surface area contributed by atoms with Crippen molar-refractivity contribution in [2.45, 2.75) is 292 Å². The van der Waals surface area contributed by atoms with Gasteiger partial charge in [-0.1, -0.05) is 0 Å². The van der Waals surface area contributed by atoms with Crippen LogP contribution in [0.4, 0.5) is 0 Å². The average Bonchev–Trinajstić information content (AvgIpc) is 0.848. The summed E-state index contributed by atoms with van der Waals surface area (Å²) in [4.78, 5) is 0. The minimum absolute atomic E-state index is 0.0913. The van der Waals surface area contributed by atoms with Crippen LogP contribution in [0.3, 0.4) is 0 Å². The molecular weight excluding hydrogens is 1830 g/mol. The molecule has 53 nitrogen and oxygen atoms in total. The zero-order valence-corrected chi connectivity index (χ0v) is 71.9. The first-order valence-electron chi connectivity index (χ1n) is 40.0. The van der Waals surface area contributed by atoms with Crippen molar-refractivity contribution in [3.05, 3.63) is 0 Å². The van der Waals surface area contributed by atoms with Crippen LogP contribution in [0.2, 0.25) is 0 Å². The van der Waals surface area contributed by atoms with Gasteiger partial charge in [0.15, 0.2) is 44.0 Å². The molecule has 0 radical (unpaired) electrons. The molecule has 0 aliphatic carbocycles. The van der Waals surface area contributed by atoms with Crippen LogP contribution in [0.25, 0.3) is 0 Å². The lowest BCUT2D eigenvalue weighted by atomic mass is 9.95. The molecule has 21 rings (SSSR count). The van der Waals surface area contributed by atoms with Crippen LogP contribution in [0.1, 0.15) is 77.0 Å². The second-order valence-corrected chi connectivity index (χ2v) is 40.4. The number of rotatable bonds is 43. The molecule has 14 bridgehead atoms.